The molecule has 1 saturated heterocycles. The summed E-state index contributed by atoms with van der Waals surface area (Å²) in [6.45, 7) is 0.186. The van der Waals surface area contributed by atoms with Crippen molar-refractivity contribution in [1.82, 2.24) is 4.90 Å². The molecule has 4 nitrogen and oxygen atoms in total. The van der Waals surface area contributed by atoms with Gasteiger partial charge in [-0.1, -0.05) is 48.5 Å². The molecule has 1 aromatic heterocycles. The molecule has 2 aromatic carbocycles. The number of imide groups is 1. The van der Waals surface area contributed by atoms with Crippen LogP contribution in [0.5, 0.6) is 0 Å². The minimum absolute atomic E-state index is 0.186. The van der Waals surface area contributed by atoms with Crippen LogP contribution in [0.3, 0.4) is 0 Å². The summed E-state index contributed by atoms with van der Waals surface area (Å²) in [7, 11) is 0. The summed E-state index contributed by atoms with van der Waals surface area (Å²) in [4.78, 5) is 26.7. The van der Waals surface area contributed by atoms with Gasteiger partial charge in [0, 0.05) is 15.7 Å². The van der Waals surface area contributed by atoms with Gasteiger partial charge in [-0.05, 0) is 29.2 Å². The van der Waals surface area contributed by atoms with Gasteiger partial charge in [0.15, 0.2) is 0 Å². The van der Waals surface area contributed by atoms with Crippen molar-refractivity contribution >= 4 is 39.5 Å². The third-order valence-corrected chi connectivity index (χ3v) is 5.21. The number of ether oxygens (including phenoxy) is 1. The molecule has 1 fully saturated rings. The standard InChI is InChI=1S/C20H15NO3S/c22-19(11-10-16-12-15-8-4-5-9-18(15)25-16)21-17(13-24-20(21)23)14-6-2-1-3-7-14/h1-12,17H,13H2. The van der Waals surface area contributed by atoms with Crippen LogP contribution in [0, 0.1) is 0 Å². The maximum Gasteiger partial charge on any atom is 0.417 e. The van der Waals surface area contributed by atoms with Crippen molar-refractivity contribution in [2.45, 2.75) is 6.04 Å². The fourth-order valence-corrected chi connectivity index (χ4v) is 3.87. The van der Waals surface area contributed by atoms with Gasteiger partial charge in [0.1, 0.15) is 12.6 Å². The van der Waals surface area contributed by atoms with Crippen LogP contribution in [-0.4, -0.2) is 23.5 Å². The van der Waals surface area contributed by atoms with Crippen LogP contribution in [0.25, 0.3) is 16.2 Å². The number of rotatable bonds is 3. The van der Waals surface area contributed by atoms with E-state index in [9.17, 15) is 9.59 Å². The largest absolute Gasteiger partial charge is 0.446 e. The van der Waals surface area contributed by atoms with E-state index >= 15 is 0 Å². The highest BCUT2D eigenvalue weighted by atomic mass is 32.1. The number of cyclic esters (lactones) is 1. The Labute approximate surface area is 149 Å². The zero-order valence-electron chi connectivity index (χ0n) is 13.3. The highest BCUT2D eigenvalue weighted by Gasteiger charge is 2.37. The number of fused-ring (bicyclic) bond motifs is 1. The van der Waals surface area contributed by atoms with Crippen molar-refractivity contribution in [3.8, 4) is 0 Å². The number of carbonyl (C=O) groups excluding carboxylic acids is 2. The molecule has 1 unspecified atom stereocenters. The van der Waals surface area contributed by atoms with Gasteiger partial charge in [0.25, 0.3) is 5.91 Å². The molecule has 2 heterocycles. The molecule has 5 heteroatoms. The Morgan fingerprint density at radius 3 is 2.68 bits per heavy atom. The number of amides is 2. The highest BCUT2D eigenvalue weighted by Crippen LogP contribution is 2.29. The first kappa shape index (κ1) is 15.6. The van der Waals surface area contributed by atoms with Crippen LogP contribution < -0.4 is 0 Å². The number of benzene rings is 2. The zero-order chi connectivity index (χ0) is 17.2. The second-order valence-corrected chi connectivity index (χ2v) is 6.85. The number of carbonyl (C=O) groups is 2. The number of hydrogen-bond acceptors (Lipinski definition) is 4. The molecule has 0 N–H and O–H groups in total. The van der Waals surface area contributed by atoms with E-state index < -0.39 is 6.09 Å². The van der Waals surface area contributed by atoms with E-state index in [0.717, 1.165) is 20.5 Å². The lowest BCUT2D eigenvalue weighted by Gasteiger charge is -2.18. The van der Waals surface area contributed by atoms with Gasteiger partial charge in [-0.15, -0.1) is 11.3 Å². The molecule has 0 bridgehead atoms. The third kappa shape index (κ3) is 3.06. The molecule has 0 saturated carbocycles. The van der Waals surface area contributed by atoms with E-state index in [0.29, 0.717) is 0 Å². The van der Waals surface area contributed by atoms with Gasteiger partial charge in [0.2, 0.25) is 0 Å². The predicted octanol–water partition coefficient (Wildman–Crippen LogP) is 4.63. The van der Waals surface area contributed by atoms with Crippen molar-refractivity contribution in [3.63, 3.8) is 0 Å². The maximum atomic E-state index is 12.6. The van der Waals surface area contributed by atoms with Gasteiger partial charge in [-0.2, -0.15) is 0 Å². The average Bonchev–Trinajstić information content (AvgIpc) is 3.23. The summed E-state index contributed by atoms with van der Waals surface area (Å²) in [5.41, 5.74) is 0.886. The SMILES string of the molecule is O=C(C=Cc1cc2ccccc2s1)N1C(=O)OCC1c1ccccc1. The van der Waals surface area contributed by atoms with E-state index in [-0.39, 0.29) is 18.6 Å². The molecular formula is C20H15NO3S. The average molecular weight is 349 g/mol. The smallest absolute Gasteiger partial charge is 0.417 e. The Kier molecular flexibility index (Phi) is 4.07. The summed E-state index contributed by atoms with van der Waals surface area (Å²) in [6, 6.07) is 19.1. The monoisotopic (exact) mass is 349 g/mol. The minimum Gasteiger partial charge on any atom is -0.446 e. The van der Waals surface area contributed by atoms with E-state index in [1.54, 1.807) is 17.4 Å². The van der Waals surface area contributed by atoms with Crippen LogP contribution in [0.1, 0.15) is 16.5 Å². The topological polar surface area (TPSA) is 46.6 Å². The van der Waals surface area contributed by atoms with Crippen LogP contribution in [-0.2, 0) is 9.53 Å². The highest BCUT2D eigenvalue weighted by molar-refractivity contribution is 7.19. The maximum absolute atomic E-state index is 12.6. The molecule has 0 aliphatic carbocycles. The Morgan fingerprint density at radius 1 is 1.12 bits per heavy atom. The van der Waals surface area contributed by atoms with Crippen molar-refractivity contribution in [3.05, 3.63) is 77.2 Å². The first-order valence-electron chi connectivity index (χ1n) is 7.94. The Morgan fingerprint density at radius 2 is 1.88 bits per heavy atom. The fourth-order valence-electron chi connectivity index (χ4n) is 2.90. The molecule has 25 heavy (non-hydrogen) atoms. The van der Waals surface area contributed by atoms with Gasteiger partial charge in [0.05, 0.1) is 0 Å². The summed E-state index contributed by atoms with van der Waals surface area (Å²) < 4.78 is 6.25. The van der Waals surface area contributed by atoms with E-state index in [4.69, 9.17) is 4.74 Å². The molecule has 4 rings (SSSR count). The number of hydrogen-bond donors (Lipinski definition) is 0. The molecule has 124 valence electrons. The molecule has 1 atom stereocenters. The Balaban J connectivity index is 1.57. The Hall–Kier alpha value is -2.92. The van der Waals surface area contributed by atoms with Crippen molar-refractivity contribution in [1.29, 1.82) is 0 Å². The molecule has 1 aliphatic heterocycles. The van der Waals surface area contributed by atoms with Crippen LogP contribution >= 0.6 is 11.3 Å². The van der Waals surface area contributed by atoms with Crippen molar-refractivity contribution < 1.29 is 14.3 Å². The summed E-state index contributed by atoms with van der Waals surface area (Å²) in [5, 5.41) is 1.14. The van der Waals surface area contributed by atoms with Crippen LogP contribution in [0.2, 0.25) is 0 Å². The summed E-state index contributed by atoms with van der Waals surface area (Å²) in [6.07, 6.45) is 2.59. The van der Waals surface area contributed by atoms with Gasteiger partial charge < -0.3 is 4.74 Å². The van der Waals surface area contributed by atoms with Gasteiger partial charge in [-0.25, -0.2) is 9.69 Å². The van der Waals surface area contributed by atoms with E-state index in [1.807, 2.05) is 60.7 Å². The normalized spacial score (nSPS) is 17.4. The quantitative estimate of drug-likeness (QED) is 0.648. The summed E-state index contributed by atoms with van der Waals surface area (Å²) >= 11 is 1.61. The van der Waals surface area contributed by atoms with Crippen molar-refractivity contribution in [2.75, 3.05) is 6.61 Å². The minimum atomic E-state index is -0.597. The van der Waals surface area contributed by atoms with Crippen LogP contribution in [0.4, 0.5) is 4.79 Å². The van der Waals surface area contributed by atoms with E-state index in [1.165, 1.54) is 11.0 Å². The first-order valence-corrected chi connectivity index (χ1v) is 8.75. The molecule has 1 aliphatic rings. The Bertz CT molecular complexity index is 928. The molecule has 2 amide bonds. The second-order valence-electron chi connectivity index (χ2n) is 5.73. The summed E-state index contributed by atoms with van der Waals surface area (Å²) in [5.74, 6) is -0.367. The van der Waals surface area contributed by atoms with Gasteiger partial charge >= 0.3 is 6.09 Å². The van der Waals surface area contributed by atoms with Crippen molar-refractivity contribution in [2.24, 2.45) is 0 Å². The lowest BCUT2D eigenvalue weighted by Crippen LogP contribution is -2.32. The van der Waals surface area contributed by atoms with Crippen LogP contribution in [0.15, 0.2) is 66.7 Å². The second kappa shape index (κ2) is 6.53. The molecule has 0 radical (unpaired) electrons. The predicted molar refractivity (Wildman–Crippen MR) is 98.2 cm³/mol. The molecular weight excluding hydrogens is 334 g/mol. The molecule has 0 spiro atoms. The zero-order valence-corrected chi connectivity index (χ0v) is 14.1. The van der Waals surface area contributed by atoms with E-state index in [2.05, 4.69) is 0 Å². The number of thiophene rings is 1. The lowest BCUT2D eigenvalue weighted by atomic mass is 10.1. The molecule has 3 aromatic rings. The lowest BCUT2D eigenvalue weighted by molar-refractivity contribution is -0.124. The first-order chi connectivity index (χ1) is 12.2. The third-order valence-electron chi connectivity index (χ3n) is 4.13. The fraction of sp³-hybridized carbons (Fsp3) is 0.100. The van der Waals surface area contributed by atoms with Gasteiger partial charge in [-0.3, -0.25) is 4.79 Å². The number of nitrogens with zero attached hydrogens (tertiary/aromatic N) is 1.